The number of hydrogen-bond acceptors (Lipinski definition) is 0. The van der Waals surface area contributed by atoms with Crippen molar-refractivity contribution in [2.45, 2.75) is 118 Å². The van der Waals surface area contributed by atoms with Crippen LogP contribution in [-0.2, 0) is 52.0 Å². The first-order valence-corrected chi connectivity index (χ1v) is 21.1. The second-order valence-corrected chi connectivity index (χ2v) is 21.2. The number of hydrogen-bond donors (Lipinski definition) is 0. The number of fused-ring (bicyclic) bond motifs is 3. The van der Waals surface area contributed by atoms with E-state index in [4.69, 9.17) is 0 Å². The van der Waals surface area contributed by atoms with Crippen molar-refractivity contribution in [3.63, 3.8) is 0 Å². The van der Waals surface area contributed by atoms with E-state index in [9.17, 15) is 0 Å². The van der Waals surface area contributed by atoms with Gasteiger partial charge in [0.05, 0.1) is 0 Å². The molecule has 4 aromatic rings. The Balaban J connectivity index is 0.000000340. The number of benzene rings is 4. The predicted molar refractivity (Wildman–Crippen MR) is 236 cm³/mol. The van der Waals surface area contributed by atoms with Gasteiger partial charge >= 0.3 is 128 Å². The molecular weight excluding hydrogens is 974 g/mol. The zero-order chi connectivity index (χ0) is 37.2. The summed E-state index contributed by atoms with van der Waals surface area (Å²) in [6.07, 6.45) is 11.0. The second-order valence-electron chi connectivity index (χ2n) is 17.6. The molecule has 0 aromatic heterocycles. The van der Waals surface area contributed by atoms with Crippen LogP contribution in [0.15, 0.2) is 93.9 Å². The average molecular weight is 1030 g/mol. The summed E-state index contributed by atoms with van der Waals surface area (Å²) in [4.78, 5) is 0. The first kappa shape index (κ1) is 46.8. The average Bonchev–Trinajstić information content (AvgIpc) is 3.71. The molecule has 0 saturated heterocycles. The molecular formula is C47H56Br2Cl2Hf. The van der Waals surface area contributed by atoms with Gasteiger partial charge in [-0.15, -0.1) is 47.9 Å². The number of rotatable bonds is 2. The van der Waals surface area contributed by atoms with Gasteiger partial charge in [0.15, 0.2) is 0 Å². The van der Waals surface area contributed by atoms with Crippen LogP contribution in [0, 0.1) is 12.1 Å². The first-order chi connectivity index (χ1) is 23.1. The molecule has 0 saturated carbocycles. The summed E-state index contributed by atoms with van der Waals surface area (Å²) in [5, 5.41) is 0. The Labute approximate surface area is 359 Å². The molecule has 0 heterocycles. The topological polar surface area (TPSA) is 0 Å². The third-order valence-corrected chi connectivity index (χ3v) is 12.2. The predicted octanol–water partition coefficient (Wildman–Crippen LogP) is 14.7. The van der Waals surface area contributed by atoms with Gasteiger partial charge in [-0.25, -0.2) is 12.2 Å². The molecule has 4 aromatic carbocycles. The van der Waals surface area contributed by atoms with Gasteiger partial charge in [-0.3, -0.25) is 6.08 Å². The number of halogens is 4. The van der Waals surface area contributed by atoms with Gasteiger partial charge in [0.2, 0.25) is 0 Å². The van der Waals surface area contributed by atoms with E-state index in [0.717, 1.165) is 45.7 Å². The Bertz CT molecular complexity index is 1750. The van der Waals surface area contributed by atoms with Gasteiger partial charge in [0.25, 0.3) is 0 Å². The van der Waals surface area contributed by atoms with Crippen LogP contribution in [0.3, 0.4) is 0 Å². The summed E-state index contributed by atoms with van der Waals surface area (Å²) in [6.45, 7) is 28.0. The largest absolute Gasteiger partial charge is 0.273 e. The van der Waals surface area contributed by atoms with Gasteiger partial charge in [-0.05, 0) is 39.4 Å². The normalized spacial score (nSPS) is 13.1. The number of allylic oxidation sites excluding steroid dienone is 4. The van der Waals surface area contributed by atoms with Crippen LogP contribution in [-0.4, -0.2) is 3.26 Å². The molecule has 2 aliphatic carbocycles. The van der Waals surface area contributed by atoms with E-state index < -0.39 is 0 Å². The molecule has 0 N–H and O–H groups in total. The van der Waals surface area contributed by atoms with Crippen molar-refractivity contribution in [2.24, 2.45) is 0 Å². The summed E-state index contributed by atoms with van der Waals surface area (Å²) in [6, 6.07) is 28.4. The molecule has 0 bridgehead atoms. The standard InChI is InChI=1S/C29H41.C13H8Br2.C5H5.2ClH.Hf/c1-26(2,3)22-14-18-13-19-15-23(27(4,5)6)25(29(10,11)12)17-21(19)20(18)16-24(22)28(7,8)9;14-12-5-1-10(2-6-12)9-11-3-7-13(15)8-4-11;1-2-4-5-3-1;;;/h14,16-17H,13H2,1-12H3;1-8H;1-3H,4H2;2*1H;/q-1;;-1;;;+2. The third-order valence-electron chi connectivity index (χ3n) is 9.09. The molecule has 0 amide bonds. The van der Waals surface area contributed by atoms with Gasteiger partial charge in [-0.2, -0.15) is 23.8 Å². The van der Waals surface area contributed by atoms with Crippen molar-refractivity contribution in [3.05, 3.63) is 151 Å². The summed E-state index contributed by atoms with van der Waals surface area (Å²) >= 11 is 7.96. The summed E-state index contributed by atoms with van der Waals surface area (Å²) in [7, 11) is 0. The fourth-order valence-corrected chi connectivity index (χ4v) is 8.09. The monoisotopic (exact) mass is 1030 g/mol. The van der Waals surface area contributed by atoms with Gasteiger partial charge in [-0.1, -0.05) is 106 Å². The molecule has 276 valence electrons. The van der Waals surface area contributed by atoms with Crippen LogP contribution in [0.1, 0.15) is 134 Å². The molecule has 0 atom stereocenters. The van der Waals surface area contributed by atoms with Crippen molar-refractivity contribution in [1.29, 1.82) is 0 Å². The Hall–Kier alpha value is -1.36. The van der Waals surface area contributed by atoms with Crippen LogP contribution in [0.25, 0.3) is 11.1 Å². The Morgan fingerprint density at radius 2 is 1.04 bits per heavy atom. The summed E-state index contributed by atoms with van der Waals surface area (Å²) in [5.41, 5.74) is 14.6. The molecule has 0 spiro atoms. The zero-order valence-corrected chi connectivity index (χ0v) is 41.5. The summed E-state index contributed by atoms with van der Waals surface area (Å²) in [5.74, 6) is 0. The third kappa shape index (κ3) is 12.1. The van der Waals surface area contributed by atoms with Crippen molar-refractivity contribution in [1.82, 2.24) is 0 Å². The van der Waals surface area contributed by atoms with E-state index in [1.54, 1.807) is 0 Å². The molecule has 52 heavy (non-hydrogen) atoms. The molecule has 0 unspecified atom stereocenters. The fraction of sp³-hybridized carbons (Fsp3) is 0.383. The SMILES string of the molecule is Brc1ccc([C](=[Hf+2])c2ccc(Br)cc2)cc1.CC(C)(C)c1[c-]c2c(cc1C(C)(C)C)-c1cc(C(C)(C)C)c(C(C)(C)C)cc1C2.Cl.Cl.[C-]1=CC=CC1. The molecule has 6 rings (SSSR count). The van der Waals surface area contributed by atoms with E-state index in [1.165, 1.54) is 58.9 Å². The van der Waals surface area contributed by atoms with Crippen LogP contribution < -0.4 is 0 Å². The summed E-state index contributed by atoms with van der Waals surface area (Å²) < 4.78 is 3.68. The fourth-order valence-electron chi connectivity index (χ4n) is 6.36. The van der Waals surface area contributed by atoms with Crippen molar-refractivity contribution in [3.8, 4) is 11.1 Å². The van der Waals surface area contributed by atoms with Crippen LogP contribution >= 0.6 is 56.7 Å². The molecule has 0 nitrogen and oxygen atoms in total. The quantitative estimate of drug-likeness (QED) is 0.122. The van der Waals surface area contributed by atoms with E-state index in [-0.39, 0.29) is 46.5 Å². The van der Waals surface area contributed by atoms with Crippen LogP contribution in [0.5, 0.6) is 0 Å². The van der Waals surface area contributed by atoms with Gasteiger partial charge in [0.1, 0.15) is 0 Å². The van der Waals surface area contributed by atoms with Gasteiger partial charge < -0.3 is 0 Å². The minimum Gasteiger partial charge on any atom is -0.273 e. The Morgan fingerprint density at radius 1 is 0.596 bits per heavy atom. The molecule has 0 fully saturated rings. The van der Waals surface area contributed by atoms with Crippen molar-refractivity contribution in [2.75, 3.05) is 0 Å². The van der Waals surface area contributed by atoms with E-state index in [0.29, 0.717) is 0 Å². The second kappa shape index (κ2) is 18.5. The molecule has 5 heteroatoms. The Morgan fingerprint density at radius 3 is 1.40 bits per heavy atom. The maximum absolute atomic E-state index is 3.90. The van der Waals surface area contributed by atoms with Gasteiger partial charge in [0, 0.05) is 0 Å². The van der Waals surface area contributed by atoms with Crippen LogP contribution in [0.2, 0.25) is 0 Å². The van der Waals surface area contributed by atoms with Crippen LogP contribution in [0.4, 0.5) is 0 Å². The minimum absolute atomic E-state index is 0. The van der Waals surface area contributed by atoms with E-state index in [1.807, 2.05) is 12.2 Å². The van der Waals surface area contributed by atoms with Crippen molar-refractivity contribution >= 4 is 59.9 Å². The first-order valence-electron chi connectivity index (χ1n) is 17.7. The molecule has 0 radical (unpaired) electrons. The van der Waals surface area contributed by atoms with E-state index in [2.05, 4.69) is 200 Å². The molecule has 0 aliphatic heterocycles. The zero-order valence-electron chi connectivity index (χ0n) is 33.1. The Kier molecular flexibility index (Phi) is 16.7. The minimum atomic E-state index is 0. The maximum atomic E-state index is 3.90. The smallest absolute Gasteiger partial charge is 0.0129 e. The molecule has 2 aliphatic rings. The van der Waals surface area contributed by atoms with E-state index >= 15 is 0 Å². The maximum Gasteiger partial charge on any atom is -0.0129 e. The van der Waals surface area contributed by atoms with Crippen molar-refractivity contribution < 1.29 is 23.9 Å².